The molecule has 94 valence electrons. The summed E-state index contributed by atoms with van der Waals surface area (Å²) in [5.74, 6) is 0.966. The van der Waals surface area contributed by atoms with E-state index in [2.05, 4.69) is 24.8 Å². The summed E-state index contributed by atoms with van der Waals surface area (Å²) < 4.78 is 5.22. The third kappa shape index (κ3) is 6.15. The molecule has 0 unspecified atom stereocenters. The number of methoxy groups -OCH3 is 1. The standard InChI is InChI=1S/C16H24O/c1-3-4-5-6-7-8-9-11-15-12-10-13-16(14-15)17-2/h3,10,12-14H,1,4-9,11H2,2H3. The highest BCUT2D eigenvalue weighted by atomic mass is 16.5. The van der Waals surface area contributed by atoms with Gasteiger partial charge in [0.2, 0.25) is 0 Å². The molecule has 17 heavy (non-hydrogen) atoms. The molecule has 1 aromatic rings. The minimum atomic E-state index is 0.966. The van der Waals surface area contributed by atoms with Gasteiger partial charge < -0.3 is 4.74 Å². The van der Waals surface area contributed by atoms with E-state index in [9.17, 15) is 0 Å². The second-order valence-corrected chi connectivity index (χ2v) is 4.45. The first-order valence-electron chi connectivity index (χ1n) is 6.60. The lowest BCUT2D eigenvalue weighted by Crippen LogP contribution is -1.88. The maximum Gasteiger partial charge on any atom is 0.119 e. The van der Waals surface area contributed by atoms with Gasteiger partial charge in [-0.2, -0.15) is 0 Å². The summed E-state index contributed by atoms with van der Waals surface area (Å²) in [4.78, 5) is 0. The number of aryl methyl sites for hydroxylation is 1. The first-order valence-corrected chi connectivity index (χ1v) is 6.60. The predicted octanol–water partition coefficient (Wildman–Crippen LogP) is 4.76. The van der Waals surface area contributed by atoms with Gasteiger partial charge in [0.25, 0.3) is 0 Å². The third-order valence-corrected chi connectivity index (χ3v) is 3.01. The molecular weight excluding hydrogens is 208 g/mol. The average molecular weight is 232 g/mol. The van der Waals surface area contributed by atoms with E-state index in [-0.39, 0.29) is 0 Å². The normalized spacial score (nSPS) is 10.2. The zero-order valence-corrected chi connectivity index (χ0v) is 11.0. The average Bonchev–Trinajstić information content (AvgIpc) is 2.38. The molecule has 0 aliphatic heterocycles. The largest absolute Gasteiger partial charge is 0.497 e. The molecule has 1 aromatic carbocycles. The molecule has 1 heteroatoms. The molecule has 0 saturated carbocycles. The van der Waals surface area contributed by atoms with Crippen molar-refractivity contribution in [1.29, 1.82) is 0 Å². The Bertz CT molecular complexity index is 317. The van der Waals surface area contributed by atoms with Crippen LogP contribution in [0.4, 0.5) is 0 Å². The Balaban J connectivity index is 2.11. The molecule has 0 amide bonds. The van der Waals surface area contributed by atoms with Crippen molar-refractivity contribution in [3.8, 4) is 5.75 Å². The van der Waals surface area contributed by atoms with Gasteiger partial charge in [-0.15, -0.1) is 6.58 Å². The van der Waals surface area contributed by atoms with Crippen LogP contribution in [-0.2, 0) is 6.42 Å². The third-order valence-electron chi connectivity index (χ3n) is 3.01. The second kappa shape index (κ2) is 8.86. The summed E-state index contributed by atoms with van der Waals surface area (Å²) in [6, 6.07) is 8.38. The van der Waals surface area contributed by atoms with Crippen LogP contribution in [0, 0.1) is 0 Å². The van der Waals surface area contributed by atoms with Crippen molar-refractivity contribution >= 4 is 0 Å². The van der Waals surface area contributed by atoms with Gasteiger partial charge in [-0.05, 0) is 43.4 Å². The van der Waals surface area contributed by atoms with E-state index in [1.807, 2.05) is 12.1 Å². The molecule has 0 saturated heterocycles. The van der Waals surface area contributed by atoms with Crippen molar-refractivity contribution in [3.05, 3.63) is 42.5 Å². The van der Waals surface area contributed by atoms with E-state index in [1.165, 1.54) is 44.1 Å². The number of rotatable bonds is 9. The minimum absolute atomic E-state index is 0.966. The number of hydrogen-bond donors (Lipinski definition) is 0. The van der Waals surface area contributed by atoms with E-state index >= 15 is 0 Å². The first kappa shape index (κ1) is 13.8. The van der Waals surface area contributed by atoms with Gasteiger partial charge >= 0.3 is 0 Å². The molecule has 0 aliphatic carbocycles. The second-order valence-electron chi connectivity index (χ2n) is 4.45. The molecule has 0 N–H and O–H groups in total. The summed E-state index contributed by atoms with van der Waals surface area (Å²) >= 11 is 0. The number of ether oxygens (including phenoxy) is 1. The van der Waals surface area contributed by atoms with Crippen LogP contribution in [0.1, 0.15) is 44.1 Å². The molecule has 1 nitrogen and oxygen atoms in total. The first-order chi connectivity index (χ1) is 8.36. The van der Waals surface area contributed by atoms with Crippen LogP contribution in [0.2, 0.25) is 0 Å². The minimum Gasteiger partial charge on any atom is -0.497 e. The van der Waals surface area contributed by atoms with E-state index in [0.717, 1.165) is 12.2 Å². The van der Waals surface area contributed by atoms with Gasteiger partial charge in [0.15, 0.2) is 0 Å². The van der Waals surface area contributed by atoms with Gasteiger partial charge in [-0.3, -0.25) is 0 Å². The smallest absolute Gasteiger partial charge is 0.119 e. The van der Waals surface area contributed by atoms with Gasteiger partial charge in [0.05, 0.1) is 7.11 Å². The molecular formula is C16H24O. The summed E-state index contributed by atoms with van der Waals surface area (Å²) in [6.07, 6.45) is 10.9. The lowest BCUT2D eigenvalue weighted by Gasteiger charge is -2.04. The van der Waals surface area contributed by atoms with Crippen LogP contribution in [0.25, 0.3) is 0 Å². The molecule has 0 bridgehead atoms. The highest BCUT2D eigenvalue weighted by Crippen LogP contribution is 2.15. The fourth-order valence-corrected chi connectivity index (χ4v) is 1.98. The highest BCUT2D eigenvalue weighted by molar-refractivity contribution is 5.28. The Morgan fingerprint density at radius 3 is 2.65 bits per heavy atom. The van der Waals surface area contributed by atoms with E-state index in [1.54, 1.807) is 7.11 Å². The number of unbranched alkanes of at least 4 members (excludes halogenated alkanes) is 5. The molecule has 0 aliphatic rings. The van der Waals surface area contributed by atoms with Gasteiger partial charge in [0, 0.05) is 0 Å². The SMILES string of the molecule is C=CCCCCCCCc1cccc(OC)c1. The summed E-state index contributed by atoms with van der Waals surface area (Å²) in [5, 5.41) is 0. The van der Waals surface area contributed by atoms with Crippen molar-refractivity contribution in [2.24, 2.45) is 0 Å². The summed E-state index contributed by atoms with van der Waals surface area (Å²) in [6.45, 7) is 3.74. The van der Waals surface area contributed by atoms with Crippen molar-refractivity contribution < 1.29 is 4.74 Å². The van der Waals surface area contributed by atoms with Crippen LogP contribution >= 0.6 is 0 Å². The Hall–Kier alpha value is -1.24. The van der Waals surface area contributed by atoms with Gasteiger partial charge in [-0.1, -0.05) is 37.5 Å². The van der Waals surface area contributed by atoms with E-state index < -0.39 is 0 Å². The fourth-order valence-electron chi connectivity index (χ4n) is 1.98. The quantitative estimate of drug-likeness (QED) is 0.440. The van der Waals surface area contributed by atoms with Gasteiger partial charge in [0.1, 0.15) is 5.75 Å². The zero-order chi connectivity index (χ0) is 12.3. The van der Waals surface area contributed by atoms with Crippen LogP contribution in [-0.4, -0.2) is 7.11 Å². The molecule has 0 aromatic heterocycles. The maximum absolute atomic E-state index is 5.22. The van der Waals surface area contributed by atoms with E-state index in [0.29, 0.717) is 0 Å². The number of allylic oxidation sites excluding steroid dienone is 1. The zero-order valence-electron chi connectivity index (χ0n) is 11.0. The van der Waals surface area contributed by atoms with Crippen molar-refractivity contribution in [1.82, 2.24) is 0 Å². The van der Waals surface area contributed by atoms with E-state index in [4.69, 9.17) is 4.74 Å². The molecule has 0 atom stereocenters. The topological polar surface area (TPSA) is 9.23 Å². The number of hydrogen-bond acceptors (Lipinski definition) is 1. The molecule has 1 rings (SSSR count). The van der Waals surface area contributed by atoms with Gasteiger partial charge in [-0.25, -0.2) is 0 Å². The van der Waals surface area contributed by atoms with Crippen LogP contribution in [0.5, 0.6) is 5.75 Å². The molecule has 0 spiro atoms. The Labute approximate surface area is 106 Å². The fraction of sp³-hybridized carbons (Fsp3) is 0.500. The van der Waals surface area contributed by atoms with Crippen molar-refractivity contribution in [2.75, 3.05) is 7.11 Å². The highest BCUT2D eigenvalue weighted by Gasteiger charge is 1.96. The maximum atomic E-state index is 5.22. The van der Waals surface area contributed by atoms with Crippen LogP contribution < -0.4 is 4.74 Å². The Morgan fingerprint density at radius 2 is 1.88 bits per heavy atom. The molecule has 0 fully saturated rings. The van der Waals surface area contributed by atoms with Crippen molar-refractivity contribution in [3.63, 3.8) is 0 Å². The predicted molar refractivity (Wildman–Crippen MR) is 74.6 cm³/mol. The monoisotopic (exact) mass is 232 g/mol. The van der Waals surface area contributed by atoms with Crippen molar-refractivity contribution in [2.45, 2.75) is 44.9 Å². The van der Waals surface area contributed by atoms with Crippen LogP contribution in [0.15, 0.2) is 36.9 Å². The molecule has 0 heterocycles. The lowest BCUT2D eigenvalue weighted by atomic mass is 10.0. The summed E-state index contributed by atoms with van der Waals surface area (Å²) in [5.41, 5.74) is 1.38. The Kier molecular flexibility index (Phi) is 7.20. The Morgan fingerprint density at radius 1 is 1.12 bits per heavy atom. The molecule has 0 radical (unpaired) electrons. The summed E-state index contributed by atoms with van der Waals surface area (Å²) in [7, 11) is 1.72. The lowest BCUT2D eigenvalue weighted by molar-refractivity contribution is 0.414. The number of benzene rings is 1. The van der Waals surface area contributed by atoms with Crippen LogP contribution in [0.3, 0.4) is 0 Å².